The molecule has 1 saturated heterocycles. The standard InChI is InChI=1S/C13H27N5O/c1-10(2)9-15-13(17-14)16-11(3)12(19)18-7-5-4-6-8-18/h10-11H,4-9,14H2,1-3H3,(H2,15,16,17). The van der Waals surface area contributed by atoms with E-state index in [1.54, 1.807) is 0 Å². The van der Waals surface area contributed by atoms with Crippen LogP contribution < -0.4 is 16.6 Å². The topological polar surface area (TPSA) is 82.7 Å². The second-order valence-corrected chi connectivity index (χ2v) is 5.48. The number of piperidine rings is 1. The molecule has 1 atom stereocenters. The largest absolute Gasteiger partial charge is 0.344 e. The molecule has 110 valence electrons. The van der Waals surface area contributed by atoms with E-state index in [0.29, 0.717) is 18.4 Å². The monoisotopic (exact) mass is 269 g/mol. The molecule has 0 aromatic rings. The summed E-state index contributed by atoms with van der Waals surface area (Å²) >= 11 is 0. The van der Waals surface area contributed by atoms with E-state index < -0.39 is 0 Å². The van der Waals surface area contributed by atoms with E-state index in [-0.39, 0.29) is 11.9 Å². The Morgan fingerprint density at radius 1 is 1.26 bits per heavy atom. The highest BCUT2D eigenvalue weighted by Crippen LogP contribution is 2.09. The summed E-state index contributed by atoms with van der Waals surface area (Å²) in [4.78, 5) is 18.4. The van der Waals surface area contributed by atoms with Gasteiger partial charge in [0.05, 0.1) is 0 Å². The van der Waals surface area contributed by atoms with Crippen LogP contribution in [0.25, 0.3) is 0 Å². The molecule has 1 unspecified atom stereocenters. The summed E-state index contributed by atoms with van der Waals surface area (Å²) in [6.45, 7) is 8.41. The maximum Gasteiger partial charge on any atom is 0.244 e. The Labute approximate surface area is 115 Å². The van der Waals surface area contributed by atoms with Crippen molar-refractivity contribution in [1.29, 1.82) is 0 Å². The van der Waals surface area contributed by atoms with E-state index in [0.717, 1.165) is 25.9 Å². The first-order chi connectivity index (χ1) is 9.04. The van der Waals surface area contributed by atoms with Gasteiger partial charge < -0.3 is 10.2 Å². The van der Waals surface area contributed by atoms with Gasteiger partial charge in [-0.25, -0.2) is 5.84 Å². The van der Waals surface area contributed by atoms with Gasteiger partial charge in [-0.2, -0.15) is 0 Å². The number of guanidine groups is 1. The number of aliphatic imine (C=N–C) groups is 1. The molecule has 6 heteroatoms. The molecule has 6 nitrogen and oxygen atoms in total. The summed E-state index contributed by atoms with van der Waals surface area (Å²) in [6.07, 6.45) is 3.42. The molecule has 19 heavy (non-hydrogen) atoms. The van der Waals surface area contributed by atoms with Crippen molar-refractivity contribution >= 4 is 11.9 Å². The SMILES string of the molecule is CC(C)CN=C(NN)NC(C)C(=O)N1CCCCC1. The highest BCUT2D eigenvalue weighted by Gasteiger charge is 2.22. The summed E-state index contributed by atoms with van der Waals surface area (Å²) in [6, 6.07) is -0.305. The van der Waals surface area contributed by atoms with Crippen LogP contribution in [0, 0.1) is 5.92 Å². The number of nitrogens with two attached hydrogens (primary N) is 1. The molecule has 0 radical (unpaired) electrons. The summed E-state index contributed by atoms with van der Waals surface area (Å²) in [5.41, 5.74) is 2.51. The number of carbonyl (C=O) groups is 1. The van der Waals surface area contributed by atoms with Crippen LogP contribution >= 0.6 is 0 Å². The second-order valence-electron chi connectivity index (χ2n) is 5.48. The quantitative estimate of drug-likeness (QED) is 0.299. The van der Waals surface area contributed by atoms with Crippen LogP contribution in [0.5, 0.6) is 0 Å². The van der Waals surface area contributed by atoms with Gasteiger partial charge in [-0.1, -0.05) is 13.8 Å². The number of likely N-dealkylation sites (tertiary alicyclic amines) is 1. The lowest BCUT2D eigenvalue weighted by atomic mass is 10.1. The fraction of sp³-hybridized carbons (Fsp3) is 0.846. The van der Waals surface area contributed by atoms with Crippen LogP contribution in [0.15, 0.2) is 4.99 Å². The molecule has 0 aromatic carbocycles. The van der Waals surface area contributed by atoms with Crippen LogP contribution in [0.4, 0.5) is 0 Å². The third kappa shape index (κ3) is 5.46. The Bertz CT molecular complexity index is 310. The highest BCUT2D eigenvalue weighted by molar-refractivity contribution is 5.88. The van der Waals surface area contributed by atoms with Crippen molar-refractivity contribution in [1.82, 2.24) is 15.6 Å². The molecule has 0 saturated carbocycles. The van der Waals surface area contributed by atoms with E-state index in [1.807, 2.05) is 11.8 Å². The van der Waals surface area contributed by atoms with Crippen molar-refractivity contribution in [3.8, 4) is 0 Å². The second kappa shape index (κ2) is 7.99. The van der Waals surface area contributed by atoms with E-state index in [2.05, 4.69) is 29.6 Å². The smallest absolute Gasteiger partial charge is 0.244 e. The molecule has 1 heterocycles. The predicted octanol–water partition coefficient (Wildman–Crippen LogP) is 0.452. The molecular formula is C13H27N5O. The lowest BCUT2D eigenvalue weighted by molar-refractivity contribution is -0.133. The molecule has 4 N–H and O–H groups in total. The summed E-state index contributed by atoms with van der Waals surface area (Å²) in [5, 5.41) is 3.04. The van der Waals surface area contributed by atoms with Gasteiger partial charge in [0, 0.05) is 19.6 Å². The third-order valence-electron chi connectivity index (χ3n) is 3.14. The van der Waals surface area contributed by atoms with Crippen LogP contribution in [0.2, 0.25) is 0 Å². The van der Waals surface area contributed by atoms with Crippen molar-refractivity contribution in [3.05, 3.63) is 0 Å². The minimum atomic E-state index is -0.305. The summed E-state index contributed by atoms with van der Waals surface area (Å²) < 4.78 is 0. The van der Waals surface area contributed by atoms with Crippen molar-refractivity contribution < 1.29 is 4.79 Å². The van der Waals surface area contributed by atoms with Crippen LogP contribution in [0.3, 0.4) is 0 Å². The van der Waals surface area contributed by atoms with Gasteiger partial charge in [-0.15, -0.1) is 0 Å². The number of hydrogen-bond acceptors (Lipinski definition) is 3. The lowest BCUT2D eigenvalue weighted by Crippen LogP contribution is -2.52. The number of nitrogens with one attached hydrogen (secondary N) is 2. The first kappa shape index (κ1) is 15.8. The third-order valence-corrected chi connectivity index (χ3v) is 3.14. The van der Waals surface area contributed by atoms with Crippen molar-refractivity contribution in [3.63, 3.8) is 0 Å². The fourth-order valence-corrected chi connectivity index (χ4v) is 2.06. The number of hydrazine groups is 1. The zero-order valence-corrected chi connectivity index (χ0v) is 12.3. The molecule has 0 aliphatic carbocycles. The van der Waals surface area contributed by atoms with Crippen molar-refractivity contribution in [2.45, 2.75) is 46.1 Å². The number of nitrogens with zero attached hydrogens (tertiary/aromatic N) is 2. The van der Waals surface area contributed by atoms with E-state index in [1.165, 1.54) is 6.42 Å². The van der Waals surface area contributed by atoms with E-state index in [9.17, 15) is 4.79 Å². The number of carbonyl (C=O) groups excluding carboxylic acids is 1. The Morgan fingerprint density at radius 3 is 2.42 bits per heavy atom. The van der Waals surface area contributed by atoms with Gasteiger partial charge in [-0.3, -0.25) is 15.2 Å². The van der Waals surface area contributed by atoms with Crippen LogP contribution in [-0.2, 0) is 4.79 Å². The first-order valence-corrected chi connectivity index (χ1v) is 7.11. The highest BCUT2D eigenvalue weighted by atomic mass is 16.2. The molecule has 1 rings (SSSR count). The lowest BCUT2D eigenvalue weighted by Gasteiger charge is -2.29. The molecule has 0 aromatic heterocycles. The van der Waals surface area contributed by atoms with Gasteiger partial charge in [-0.05, 0) is 32.1 Å². The van der Waals surface area contributed by atoms with Gasteiger partial charge >= 0.3 is 0 Å². The molecule has 1 aliphatic rings. The van der Waals surface area contributed by atoms with Crippen LogP contribution in [0.1, 0.15) is 40.0 Å². The zero-order valence-electron chi connectivity index (χ0n) is 12.3. The van der Waals surface area contributed by atoms with Crippen molar-refractivity contribution in [2.24, 2.45) is 16.8 Å². The average Bonchev–Trinajstić information content (AvgIpc) is 2.43. The summed E-state index contributed by atoms with van der Waals surface area (Å²) in [5.74, 6) is 6.47. The van der Waals surface area contributed by atoms with Gasteiger partial charge in [0.25, 0.3) is 0 Å². The van der Waals surface area contributed by atoms with E-state index in [4.69, 9.17) is 5.84 Å². The Hall–Kier alpha value is -1.30. The predicted molar refractivity (Wildman–Crippen MR) is 77.5 cm³/mol. The number of hydrogen-bond donors (Lipinski definition) is 3. The van der Waals surface area contributed by atoms with Crippen molar-refractivity contribution in [2.75, 3.05) is 19.6 Å². The summed E-state index contributed by atoms with van der Waals surface area (Å²) in [7, 11) is 0. The van der Waals surface area contributed by atoms with Gasteiger partial charge in [0.2, 0.25) is 11.9 Å². The first-order valence-electron chi connectivity index (χ1n) is 7.11. The number of amides is 1. The minimum absolute atomic E-state index is 0.118. The zero-order chi connectivity index (χ0) is 14.3. The van der Waals surface area contributed by atoms with Gasteiger partial charge in [0.15, 0.2) is 0 Å². The average molecular weight is 269 g/mol. The molecule has 0 bridgehead atoms. The molecule has 1 amide bonds. The Kier molecular flexibility index (Phi) is 6.62. The maximum atomic E-state index is 12.2. The maximum absolute atomic E-state index is 12.2. The Morgan fingerprint density at radius 2 is 1.89 bits per heavy atom. The number of rotatable bonds is 4. The molecule has 0 spiro atoms. The fourth-order valence-electron chi connectivity index (χ4n) is 2.06. The molecule has 1 fully saturated rings. The van der Waals surface area contributed by atoms with Gasteiger partial charge in [0.1, 0.15) is 6.04 Å². The van der Waals surface area contributed by atoms with E-state index >= 15 is 0 Å². The van der Waals surface area contributed by atoms with Crippen LogP contribution in [-0.4, -0.2) is 42.4 Å². The molecule has 1 aliphatic heterocycles. The minimum Gasteiger partial charge on any atom is -0.344 e. The Balaban J connectivity index is 2.48. The normalized spacial score (nSPS) is 18.4. The molecular weight excluding hydrogens is 242 g/mol.